The first-order valence-electron chi connectivity index (χ1n) is 8.39. The number of aryl methyl sites for hydroxylation is 2. The summed E-state index contributed by atoms with van der Waals surface area (Å²) in [6.45, 7) is 3.07. The molecule has 0 saturated carbocycles. The zero-order valence-electron chi connectivity index (χ0n) is 14.3. The minimum absolute atomic E-state index is 0.223. The van der Waals surface area contributed by atoms with Crippen LogP contribution in [0.3, 0.4) is 0 Å². The van der Waals surface area contributed by atoms with Crippen molar-refractivity contribution in [1.82, 2.24) is 30.5 Å². The standard InChI is InChI=1S/C18H18N6O2/c1-12-7-8-17(26-12)14-11-15(21-20-14)18(25)19-9-4-10-24-16-6-3-2-5-13(16)22-23-24/h2-3,5-8,11H,4,9-10H2,1H3,(H,19,25)(H,20,21). The second-order valence-corrected chi connectivity index (χ2v) is 5.99. The third kappa shape index (κ3) is 3.21. The number of carbonyl (C=O) groups is 1. The smallest absolute Gasteiger partial charge is 0.271 e. The van der Waals surface area contributed by atoms with E-state index in [9.17, 15) is 4.79 Å². The average molecular weight is 350 g/mol. The molecule has 8 nitrogen and oxygen atoms in total. The Labute approximate surface area is 149 Å². The number of rotatable bonds is 6. The van der Waals surface area contributed by atoms with Gasteiger partial charge in [0.05, 0.1) is 5.52 Å². The Bertz CT molecular complexity index is 1040. The lowest BCUT2D eigenvalue weighted by molar-refractivity contribution is 0.0947. The maximum Gasteiger partial charge on any atom is 0.271 e. The predicted molar refractivity (Wildman–Crippen MR) is 95.5 cm³/mol. The van der Waals surface area contributed by atoms with Gasteiger partial charge in [0.15, 0.2) is 11.5 Å². The molecular weight excluding hydrogens is 332 g/mol. The van der Waals surface area contributed by atoms with Gasteiger partial charge in [-0.25, -0.2) is 4.68 Å². The second-order valence-electron chi connectivity index (χ2n) is 5.99. The number of carbonyl (C=O) groups excluding carboxylic acids is 1. The molecule has 1 amide bonds. The van der Waals surface area contributed by atoms with Crippen molar-refractivity contribution in [1.29, 1.82) is 0 Å². The first-order valence-corrected chi connectivity index (χ1v) is 8.39. The van der Waals surface area contributed by atoms with Gasteiger partial charge < -0.3 is 9.73 Å². The Balaban J connectivity index is 1.31. The number of benzene rings is 1. The summed E-state index contributed by atoms with van der Waals surface area (Å²) in [7, 11) is 0. The number of hydrogen-bond donors (Lipinski definition) is 2. The van der Waals surface area contributed by atoms with Crippen LogP contribution in [0.2, 0.25) is 0 Å². The van der Waals surface area contributed by atoms with Gasteiger partial charge in [-0.1, -0.05) is 17.3 Å². The molecule has 0 unspecified atom stereocenters. The Morgan fingerprint density at radius 3 is 3.00 bits per heavy atom. The number of nitrogens with one attached hydrogen (secondary N) is 2. The van der Waals surface area contributed by atoms with Crippen molar-refractivity contribution in [2.24, 2.45) is 0 Å². The van der Waals surface area contributed by atoms with Crippen molar-refractivity contribution in [3.63, 3.8) is 0 Å². The molecule has 3 aromatic heterocycles. The van der Waals surface area contributed by atoms with Gasteiger partial charge in [0.1, 0.15) is 17.0 Å². The van der Waals surface area contributed by atoms with Crippen LogP contribution in [0.25, 0.3) is 22.5 Å². The van der Waals surface area contributed by atoms with Gasteiger partial charge in [-0.05, 0) is 37.6 Å². The summed E-state index contributed by atoms with van der Waals surface area (Å²) in [4.78, 5) is 12.2. The highest BCUT2D eigenvalue weighted by atomic mass is 16.3. The van der Waals surface area contributed by atoms with Crippen LogP contribution in [0.1, 0.15) is 22.7 Å². The summed E-state index contributed by atoms with van der Waals surface area (Å²) in [5.74, 6) is 1.24. The molecule has 0 atom stereocenters. The van der Waals surface area contributed by atoms with Gasteiger partial charge in [-0.2, -0.15) is 5.10 Å². The SMILES string of the molecule is Cc1ccc(-c2cc(C(=O)NCCCn3nnc4ccccc43)n[nH]2)o1. The van der Waals surface area contributed by atoms with Crippen LogP contribution >= 0.6 is 0 Å². The van der Waals surface area contributed by atoms with Gasteiger partial charge in [-0.15, -0.1) is 5.10 Å². The number of amides is 1. The van der Waals surface area contributed by atoms with Crippen molar-refractivity contribution < 1.29 is 9.21 Å². The first-order chi connectivity index (χ1) is 12.7. The summed E-state index contributed by atoms with van der Waals surface area (Å²) in [5, 5.41) is 18.0. The van der Waals surface area contributed by atoms with Crippen LogP contribution < -0.4 is 5.32 Å². The minimum Gasteiger partial charge on any atom is -0.460 e. The fourth-order valence-electron chi connectivity index (χ4n) is 2.75. The highest BCUT2D eigenvalue weighted by molar-refractivity contribution is 5.93. The number of para-hydroxylation sites is 1. The van der Waals surface area contributed by atoms with Crippen molar-refractivity contribution >= 4 is 16.9 Å². The number of furan rings is 1. The van der Waals surface area contributed by atoms with Crippen molar-refractivity contribution in [2.75, 3.05) is 6.54 Å². The number of fused-ring (bicyclic) bond motifs is 1. The Kier molecular flexibility index (Phi) is 4.22. The van der Waals surface area contributed by atoms with Crippen LogP contribution in [-0.4, -0.2) is 37.6 Å². The van der Waals surface area contributed by atoms with Crippen molar-refractivity contribution in [3.05, 3.63) is 53.9 Å². The van der Waals surface area contributed by atoms with Crippen LogP contribution in [-0.2, 0) is 6.54 Å². The van der Waals surface area contributed by atoms with E-state index in [-0.39, 0.29) is 5.91 Å². The van der Waals surface area contributed by atoms with Crippen LogP contribution in [0, 0.1) is 6.92 Å². The number of aromatic nitrogens is 5. The Hall–Kier alpha value is -3.42. The van der Waals surface area contributed by atoms with E-state index in [2.05, 4.69) is 25.8 Å². The monoisotopic (exact) mass is 350 g/mol. The van der Waals surface area contributed by atoms with Crippen molar-refractivity contribution in [3.8, 4) is 11.5 Å². The molecule has 1 aromatic carbocycles. The summed E-state index contributed by atoms with van der Waals surface area (Å²) < 4.78 is 7.36. The van der Waals surface area contributed by atoms with Gasteiger partial charge in [0.25, 0.3) is 5.91 Å². The number of aromatic amines is 1. The molecule has 26 heavy (non-hydrogen) atoms. The Morgan fingerprint density at radius 2 is 2.15 bits per heavy atom. The zero-order valence-corrected chi connectivity index (χ0v) is 14.3. The quantitative estimate of drug-likeness (QED) is 0.520. The maximum atomic E-state index is 12.2. The first kappa shape index (κ1) is 16.1. The molecule has 2 N–H and O–H groups in total. The van der Waals surface area contributed by atoms with Crippen LogP contribution in [0.15, 0.2) is 46.9 Å². The zero-order chi connectivity index (χ0) is 17.9. The van der Waals surface area contributed by atoms with Gasteiger partial charge >= 0.3 is 0 Å². The summed E-state index contributed by atoms with van der Waals surface area (Å²) in [6, 6.07) is 13.2. The topological polar surface area (TPSA) is 102 Å². The van der Waals surface area contributed by atoms with Gasteiger partial charge in [-0.3, -0.25) is 9.89 Å². The fourth-order valence-corrected chi connectivity index (χ4v) is 2.75. The number of H-pyrrole nitrogens is 1. The lowest BCUT2D eigenvalue weighted by Gasteiger charge is -2.04. The van der Waals surface area contributed by atoms with E-state index in [1.54, 1.807) is 6.07 Å². The third-order valence-electron chi connectivity index (χ3n) is 4.07. The second kappa shape index (κ2) is 6.83. The highest BCUT2D eigenvalue weighted by Crippen LogP contribution is 2.20. The molecule has 0 bridgehead atoms. The van der Waals surface area contributed by atoms with E-state index in [4.69, 9.17) is 4.42 Å². The molecule has 4 rings (SSSR count). The van der Waals surface area contributed by atoms with E-state index >= 15 is 0 Å². The molecule has 0 saturated heterocycles. The molecular formula is C18H18N6O2. The molecule has 0 aliphatic heterocycles. The molecule has 132 valence electrons. The predicted octanol–water partition coefficient (Wildman–Crippen LogP) is 2.54. The molecule has 0 radical (unpaired) electrons. The fraction of sp³-hybridized carbons (Fsp3) is 0.222. The van der Waals surface area contributed by atoms with E-state index in [0.29, 0.717) is 30.2 Å². The summed E-state index contributed by atoms with van der Waals surface area (Å²) in [5.41, 5.74) is 2.87. The number of nitrogens with zero attached hydrogens (tertiary/aromatic N) is 4. The molecule has 0 aliphatic carbocycles. The van der Waals surface area contributed by atoms with E-state index in [1.165, 1.54) is 0 Å². The highest BCUT2D eigenvalue weighted by Gasteiger charge is 2.13. The molecule has 0 spiro atoms. The maximum absolute atomic E-state index is 12.2. The van der Waals surface area contributed by atoms with E-state index < -0.39 is 0 Å². The number of hydrogen-bond acceptors (Lipinski definition) is 5. The largest absolute Gasteiger partial charge is 0.460 e. The molecule has 8 heteroatoms. The normalized spacial score (nSPS) is 11.1. The van der Waals surface area contributed by atoms with Gasteiger partial charge in [0, 0.05) is 19.2 Å². The lowest BCUT2D eigenvalue weighted by atomic mass is 10.3. The Morgan fingerprint density at radius 1 is 1.27 bits per heavy atom. The van der Waals surface area contributed by atoms with Crippen LogP contribution in [0.4, 0.5) is 0 Å². The summed E-state index contributed by atoms with van der Waals surface area (Å²) >= 11 is 0. The third-order valence-corrected chi connectivity index (χ3v) is 4.07. The molecule has 0 aliphatic rings. The van der Waals surface area contributed by atoms with Gasteiger partial charge in [0.2, 0.25) is 0 Å². The van der Waals surface area contributed by atoms with Crippen molar-refractivity contribution in [2.45, 2.75) is 19.9 Å². The molecule has 3 heterocycles. The molecule has 4 aromatic rings. The minimum atomic E-state index is -0.223. The molecule has 0 fully saturated rings. The van der Waals surface area contributed by atoms with Crippen LogP contribution in [0.5, 0.6) is 0 Å². The lowest BCUT2D eigenvalue weighted by Crippen LogP contribution is -2.25. The van der Waals surface area contributed by atoms with E-state index in [1.807, 2.05) is 48.0 Å². The van der Waals surface area contributed by atoms with E-state index in [0.717, 1.165) is 23.2 Å². The summed E-state index contributed by atoms with van der Waals surface area (Å²) in [6.07, 6.45) is 0.744. The average Bonchev–Trinajstić information content (AvgIpc) is 3.38.